The second kappa shape index (κ2) is 5.05. The predicted octanol–water partition coefficient (Wildman–Crippen LogP) is 3.63. The molecule has 3 rings (SSSR count). The molecule has 4 nitrogen and oxygen atoms in total. The second-order valence-corrected chi connectivity index (χ2v) is 5.08. The molecule has 0 spiro atoms. The van der Waals surface area contributed by atoms with E-state index in [0.29, 0.717) is 11.1 Å². The SMILES string of the molecule is COC(=O)c1cccc2[nH]c(-c3ccc(C)c(C)c3)nc12. The number of aromatic nitrogens is 2. The second-order valence-electron chi connectivity index (χ2n) is 5.08. The molecule has 0 saturated heterocycles. The zero-order valence-electron chi connectivity index (χ0n) is 12.2. The number of esters is 1. The van der Waals surface area contributed by atoms with Crippen molar-refractivity contribution in [2.45, 2.75) is 13.8 Å². The number of imidazole rings is 1. The van der Waals surface area contributed by atoms with Gasteiger partial charge in [-0.05, 0) is 43.2 Å². The van der Waals surface area contributed by atoms with Gasteiger partial charge >= 0.3 is 5.97 Å². The van der Waals surface area contributed by atoms with Gasteiger partial charge in [0.2, 0.25) is 0 Å². The molecule has 0 unspecified atom stereocenters. The van der Waals surface area contributed by atoms with Crippen molar-refractivity contribution in [3.05, 3.63) is 53.1 Å². The van der Waals surface area contributed by atoms with Crippen LogP contribution in [0.2, 0.25) is 0 Å². The van der Waals surface area contributed by atoms with Crippen molar-refractivity contribution in [2.24, 2.45) is 0 Å². The number of ether oxygens (including phenoxy) is 1. The van der Waals surface area contributed by atoms with Crippen LogP contribution in [0.3, 0.4) is 0 Å². The summed E-state index contributed by atoms with van der Waals surface area (Å²) in [5, 5.41) is 0. The quantitative estimate of drug-likeness (QED) is 0.729. The zero-order valence-corrected chi connectivity index (χ0v) is 12.2. The third-order valence-corrected chi connectivity index (χ3v) is 3.70. The number of nitrogens with one attached hydrogen (secondary N) is 1. The first-order valence-corrected chi connectivity index (χ1v) is 6.75. The van der Waals surface area contributed by atoms with Crippen LogP contribution in [0.5, 0.6) is 0 Å². The molecule has 0 fully saturated rings. The summed E-state index contributed by atoms with van der Waals surface area (Å²) < 4.78 is 4.80. The van der Waals surface area contributed by atoms with Gasteiger partial charge in [-0.1, -0.05) is 18.2 Å². The molecule has 1 aromatic heterocycles. The van der Waals surface area contributed by atoms with Crippen molar-refractivity contribution < 1.29 is 9.53 Å². The molecule has 106 valence electrons. The van der Waals surface area contributed by atoms with Crippen LogP contribution in [0.25, 0.3) is 22.4 Å². The third-order valence-electron chi connectivity index (χ3n) is 3.70. The Bertz CT molecular complexity index is 834. The number of fused-ring (bicyclic) bond motifs is 1. The Kier molecular flexibility index (Phi) is 3.22. The van der Waals surface area contributed by atoms with Crippen molar-refractivity contribution in [1.29, 1.82) is 0 Å². The highest BCUT2D eigenvalue weighted by molar-refractivity contribution is 6.02. The van der Waals surface area contributed by atoms with Gasteiger partial charge in [0, 0.05) is 5.56 Å². The van der Waals surface area contributed by atoms with E-state index in [9.17, 15) is 4.79 Å². The van der Waals surface area contributed by atoms with Gasteiger partial charge in [-0.15, -0.1) is 0 Å². The van der Waals surface area contributed by atoms with Crippen LogP contribution in [0.4, 0.5) is 0 Å². The van der Waals surface area contributed by atoms with Crippen LogP contribution in [0, 0.1) is 13.8 Å². The van der Waals surface area contributed by atoms with E-state index < -0.39 is 0 Å². The molecule has 0 saturated carbocycles. The average molecular weight is 280 g/mol. The van der Waals surface area contributed by atoms with E-state index in [1.807, 2.05) is 18.2 Å². The molecule has 0 atom stereocenters. The monoisotopic (exact) mass is 280 g/mol. The molecule has 0 aliphatic heterocycles. The fourth-order valence-corrected chi connectivity index (χ4v) is 2.33. The summed E-state index contributed by atoms with van der Waals surface area (Å²) in [5.41, 5.74) is 5.39. The van der Waals surface area contributed by atoms with Crippen molar-refractivity contribution in [3.8, 4) is 11.4 Å². The van der Waals surface area contributed by atoms with Gasteiger partial charge in [-0.25, -0.2) is 9.78 Å². The van der Waals surface area contributed by atoms with Crippen molar-refractivity contribution in [1.82, 2.24) is 9.97 Å². The number of aromatic amines is 1. The van der Waals surface area contributed by atoms with E-state index in [0.717, 1.165) is 16.9 Å². The van der Waals surface area contributed by atoms with Crippen LogP contribution in [0.15, 0.2) is 36.4 Å². The van der Waals surface area contributed by atoms with Crippen molar-refractivity contribution in [2.75, 3.05) is 7.11 Å². The highest BCUT2D eigenvalue weighted by atomic mass is 16.5. The summed E-state index contributed by atoms with van der Waals surface area (Å²) in [5.74, 6) is 0.378. The summed E-state index contributed by atoms with van der Waals surface area (Å²) >= 11 is 0. The van der Waals surface area contributed by atoms with Crippen LogP contribution in [0.1, 0.15) is 21.5 Å². The Hall–Kier alpha value is -2.62. The summed E-state index contributed by atoms with van der Waals surface area (Å²) in [6.07, 6.45) is 0. The first kappa shape index (κ1) is 13.4. The molecule has 21 heavy (non-hydrogen) atoms. The molecule has 1 heterocycles. The molecule has 2 aromatic carbocycles. The number of rotatable bonds is 2. The van der Waals surface area contributed by atoms with Crippen molar-refractivity contribution in [3.63, 3.8) is 0 Å². The van der Waals surface area contributed by atoms with Crippen LogP contribution < -0.4 is 0 Å². The molecule has 0 bridgehead atoms. The molecule has 0 amide bonds. The number of H-pyrrole nitrogens is 1. The molecule has 4 heteroatoms. The third kappa shape index (κ3) is 2.29. The van der Waals surface area contributed by atoms with E-state index in [1.54, 1.807) is 6.07 Å². The maximum absolute atomic E-state index is 11.8. The maximum Gasteiger partial charge on any atom is 0.340 e. The van der Waals surface area contributed by atoms with E-state index in [-0.39, 0.29) is 5.97 Å². The fraction of sp³-hybridized carbons (Fsp3) is 0.176. The number of methoxy groups -OCH3 is 1. The Labute approximate surface area is 122 Å². The number of hydrogen-bond acceptors (Lipinski definition) is 3. The summed E-state index contributed by atoms with van der Waals surface area (Å²) in [6, 6.07) is 11.6. The minimum atomic E-state index is -0.376. The summed E-state index contributed by atoms with van der Waals surface area (Å²) in [7, 11) is 1.37. The minimum absolute atomic E-state index is 0.376. The zero-order chi connectivity index (χ0) is 15.0. The Morgan fingerprint density at radius 3 is 2.67 bits per heavy atom. The molecule has 0 aliphatic rings. The maximum atomic E-state index is 11.8. The van der Waals surface area contributed by atoms with Crippen LogP contribution in [-0.2, 0) is 4.74 Å². The lowest BCUT2D eigenvalue weighted by atomic mass is 10.1. The lowest BCUT2D eigenvalue weighted by Gasteiger charge is -2.02. The highest BCUT2D eigenvalue weighted by Crippen LogP contribution is 2.24. The van der Waals surface area contributed by atoms with Crippen LogP contribution in [-0.4, -0.2) is 23.0 Å². The van der Waals surface area contributed by atoms with E-state index >= 15 is 0 Å². The first-order chi connectivity index (χ1) is 10.1. The lowest BCUT2D eigenvalue weighted by Crippen LogP contribution is -2.01. The molecular formula is C17H16N2O2. The van der Waals surface area contributed by atoms with Gasteiger partial charge in [0.25, 0.3) is 0 Å². The Morgan fingerprint density at radius 2 is 1.95 bits per heavy atom. The topological polar surface area (TPSA) is 55.0 Å². The van der Waals surface area contributed by atoms with Gasteiger partial charge in [0.05, 0.1) is 18.2 Å². The Balaban J connectivity index is 2.17. The molecule has 1 N–H and O–H groups in total. The van der Waals surface area contributed by atoms with Crippen molar-refractivity contribution >= 4 is 17.0 Å². The standard InChI is InChI=1S/C17H16N2O2/c1-10-7-8-12(9-11(10)2)16-18-14-6-4-5-13(15(14)19-16)17(20)21-3/h4-9H,1-3H3,(H,18,19). The smallest absolute Gasteiger partial charge is 0.340 e. The van der Waals surface area contributed by atoms with E-state index in [2.05, 4.69) is 35.9 Å². The molecule has 3 aromatic rings. The molecular weight excluding hydrogens is 264 g/mol. The minimum Gasteiger partial charge on any atom is -0.465 e. The van der Waals surface area contributed by atoms with Gasteiger partial charge in [-0.3, -0.25) is 0 Å². The highest BCUT2D eigenvalue weighted by Gasteiger charge is 2.14. The first-order valence-electron chi connectivity index (χ1n) is 6.75. The number of benzene rings is 2. The fourth-order valence-electron chi connectivity index (χ4n) is 2.33. The van der Waals surface area contributed by atoms with E-state index in [1.165, 1.54) is 18.2 Å². The lowest BCUT2D eigenvalue weighted by molar-refractivity contribution is 0.0603. The van der Waals surface area contributed by atoms with Gasteiger partial charge in [0.15, 0.2) is 0 Å². The number of para-hydroxylation sites is 1. The van der Waals surface area contributed by atoms with Gasteiger partial charge < -0.3 is 9.72 Å². The molecule has 0 aliphatic carbocycles. The molecule has 0 radical (unpaired) electrons. The number of carbonyl (C=O) groups excluding carboxylic acids is 1. The number of aryl methyl sites for hydroxylation is 2. The summed E-state index contributed by atoms with van der Waals surface area (Å²) in [6.45, 7) is 4.15. The number of carbonyl (C=O) groups is 1. The summed E-state index contributed by atoms with van der Waals surface area (Å²) in [4.78, 5) is 19.6. The van der Waals surface area contributed by atoms with Crippen LogP contribution >= 0.6 is 0 Å². The van der Waals surface area contributed by atoms with Gasteiger partial charge in [-0.2, -0.15) is 0 Å². The average Bonchev–Trinajstić information content (AvgIpc) is 2.93. The van der Waals surface area contributed by atoms with Gasteiger partial charge in [0.1, 0.15) is 11.3 Å². The van der Waals surface area contributed by atoms with E-state index in [4.69, 9.17) is 4.74 Å². The number of hydrogen-bond donors (Lipinski definition) is 1. The number of nitrogens with zero attached hydrogens (tertiary/aromatic N) is 1. The largest absolute Gasteiger partial charge is 0.465 e. The Morgan fingerprint density at radius 1 is 1.14 bits per heavy atom. The normalized spacial score (nSPS) is 10.8. The predicted molar refractivity (Wildman–Crippen MR) is 82.3 cm³/mol.